The molecule has 6 nitrogen and oxygen atoms in total. The highest BCUT2D eigenvalue weighted by molar-refractivity contribution is 7.80. The third kappa shape index (κ3) is 5.09. The average molecular weight is 510 g/mol. The van der Waals surface area contributed by atoms with Crippen LogP contribution in [0.15, 0.2) is 54.7 Å². The quantitative estimate of drug-likeness (QED) is 0.460. The molecule has 0 amide bonds. The minimum atomic E-state index is -0.00810. The standard InChI is InChI=1S/C27H32ClN5OS/c1-19-18-23(20(2)33(19)22-9-7-21(28)8-10-22)26-25(24-6-3-4-11-29-24)30-27(35)32(26)13-5-12-31-14-16-34-17-15-31/h3-4,6-11,18,25-26H,5,12-17H2,1-2H3,(H,30,35). The first-order valence-electron chi connectivity index (χ1n) is 12.3. The van der Waals surface area contributed by atoms with Gasteiger partial charge in [-0.15, -0.1) is 0 Å². The Morgan fingerprint density at radius 3 is 2.57 bits per heavy atom. The van der Waals surface area contributed by atoms with Crippen LogP contribution in [-0.4, -0.2) is 63.9 Å². The van der Waals surface area contributed by atoms with Crippen molar-refractivity contribution in [2.75, 3.05) is 39.4 Å². The van der Waals surface area contributed by atoms with Crippen LogP contribution in [0, 0.1) is 13.8 Å². The van der Waals surface area contributed by atoms with Crippen molar-refractivity contribution in [2.24, 2.45) is 0 Å². The van der Waals surface area contributed by atoms with Crippen molar-refractivity contribution in [3.8, 4) is 5.69 Å². The number of nitrogens with zero attached hydrogens (tertiary/aromatic N) is 4. The molecule has 8 heteroatoms. The van der Waals surface area contributed by atoms with E-state index in [-0.39, 0.29) is 12.1 Å². The third-order valence-electron chi connectivity index (χ3n) is 7.05. The molecule has 2 unspecified atom stereocenters. The molecule has 0 radical (unpaired) electrons. The lowest BCUT2D eigenvalue weighted by molar-refractivity contribution is 0.0365. The zero-order valence-electron chi connectivity index (χ0n) is 20.3. The molecule has 2 aliphatic rings. The summed E-state index contributed by atoms with van der Waals surface area (Å²) in [4.78, 5) is 9.54. The van der Waals surface area contributed by atoms with Gasteiger partial charge in [-0.1, -0.05) is 17.7 Å². The van der Waals surface area contributed by atoms with E-state index < -0.39 is 0 Å². The molecule has 2 aromatic heterocycles. The Hall–Kier alpha value is -2.45. The number of hydrogen-bond acceptors (Lipinski definition) is 4. The first-order chi connectivity index (χ1) is 17.0. The number of hydrogen-bond donors (Lipinski definition) is 1. The first kappa shape index (κ1) is 24.3. The molecule has 0 bridgehead atoms. The molecule has 5 rings (SSSR count). The SMILES string of the molecule is Cc1cc(C2C(c3ccccn3)NC(=S)N2CCCN2CCOCC2)c(C)n1-c1ccc(Cl)cc1. The first-order valence-corrected chi connectivity index (χ1v) is 13.0. The van der Waals surface area contributed by atoms with Crippen LogP contribution < -0.4 is 5.32 Å². The molecular formula is C27H32ClN5OS. The number of aryl methyl sites for hydroxylation is 1. The van der Waals surface area contributed by atoms with E-state index in [1.54, 1.807) is 0 Å². The number of morpholine rings is 1. The van der Waals surface area contributed by atoms with E-state index in [1.165, 1.54) is 17.0 Å². The second-order valence-electron chi connectivity index (χ2n) is 9.27. The molecule has 184 valence electrons. The lowest BCUT2D eigenvalue weighted by Crippen LogP contribution is -2.39. The van der Waals surface area contributed by atoms with Gasteiger partial charge in [-0.05, 0) is 80.5 Å². The fraction of sp³-hybridized carbons (Fsp3) is 0.407. The van der Waals surface area contributed by atoms with Gasteiger partial charge in [0, 0.05) is 54.5 Å². The summed E-state index contributed by atoms with van der Waals surface area (Å²) < 4.78 is 7.80. The van der Waals surface area contributed by atoms with Crippen LogP contribution in [0.4, 0.5) is 0 Å². The molecule has 2 aliphatic heterocycles. The Morgan fingerprint density at radius 1 is 1.09 bits per heavy atom. The fourth-order valence-electron chi connectivity index (χ4n) is 5.35. The second kappa shape index (κ2) is 10.7. The molecule has 2 saturated heterocycles. The van der Waals surface area contributed by atoms with Crippen LogP contribution in [-0.2, 0) is 4.74 Å². The monoisotopic (exact) mass is 509 g/mol. The van der Waals surface area contributed by atoms with E-state index in [9.17, 15) is 0 Å². The van der Waals surface area contributed by atoms with Gasteiger partial charge in [-0.3, -0.25) is 9.88 Å². The third-order valence-corrected chi connectivity index (χ3v) is 7.65. The molecule has 1 N–H and O–H groups in total. The molecule has 2 atom stereocenters. The van der Waals surface area contributed by atoms with Crippen molar-refractivity contribution in [2.45, 2.75) is 32.4 Å². The van der Waals surface area contributed by atoms with Gasteiger partial charge in [-0.25, -0.2) is 0 Å². The number of ether oxygens (including phenoxy) is 1. The van der Waals surface area contributed by atoms with Crippen LogP contribution in [0.5, 0.6) is 0 Å². The Kier molecular flexibility index (Phi) is 7.39. The van der Waals surface area contributed by atoms with Crippen LogP contribution in [0.25, 0.3) is 5.69 Å². The minimum Gasteiger partial charge on any atom is -0.379 e. The Morgan fingerprint density at radius 2 is 1.86 bits per heavy atom. The van der Waals surface area contributed by atoms with Crippen LogP contribution in [0.3, 0.4) is 0 Å². The van der Waals surface area contributed by atoms with Gasteiger partial charge in [0.05, 0.1) is 31.0 Å². The van der Waals surface area contributed by atoms with Crippen molar-refractivity contribution in [1.29, 1.82) is 0 Å². The molecule has 1 aromatic carbocycles. The lowest BCUT2D eigenvalue weighted by Gasteiger charge is -2.30. The Bertz CT molecular complexity index is 1160. The van der Waals surface area contributed by atoms with E-state index in [1.807, 2.05) is 30.5 Å². The van der Waals surface area contributed by atoms with Crippen molar-refractivity contribution >= 4 is 28.9 Å². The van der Waals surface area contributed by atoms with Crippen molar-refractivity contribution in [3.05, 3.63) is 82.4 Å². The topological polar surface area (TPSA) is 45.6 Å². The lowest BCUT2D eigenvalue weighted by atomic mass is 9.96. The molecular weight excluding hydrogens is 478 g/mol. The van der Waals surface area contributed by atoms with E-state index >= 15 is 0 Å². The van der Waals surface area contributed by atoms with Crippen LogP contribution in [0.2, 0.25) is 5.02 Å². The Balaban J connectivity index is 1.47. The van der Waals surface area contributed by atoms with E-state index in [2.05, 4.69) is 57.8 Å². The smallest absolute Gasteiger partial charge is 0.170 e. The van der Waals surface area contributed by atoms with Crippen LogP contribution in [0.1, 0.15) is 41.1 Å². The summed E-state index contributed by atoms with van der Waals surface area (Å²) in [5.41, 5.74) is 5.78. The maximum atomic E-state index is 6.16. The van der Waals surface area contributed by atoms with Crippen LogP contribution >= 0.6 is 23.8 Å². The second-order valence-corrected chi connectivity index (χ2v) is 10.1. The van der Waals surface area contributed by atoms with Gasteiger partial charge in [0.2, 0.25) is 0 Å². The summed E-state index contributed by atoms with van der Waals surface area (Å²) in [6.45, 7) is 9.95. The summed E-state index contributed by atoms with van der Waals surface area (Å²) in [5.74, 6) is 0. The van der Waals surface area contributed by atoms with Gasteiger partial charge in [-0.2, -0.15) is 0 Å². The number of halogens is 1. The predicted octanol–water partition coefficient (Wildman–Crippen LogP) is 4.84. The maximum absolute atomic E-state index is 6.16. The summed E-state index contributed by atoms with van der Waals surface area (Å²) in [5, 5.41) is 5.13. The number of nitrogens with one attached hydrogen (secondary N) is 1. The molecule has 35 heavy (non-hydrogen) atoms. The normalized spacial score (nSPS) is 20.9. The number of benzene rings is 1. The fourth-order valence-corrected chi connectivity index (χ4v) is 5.81. The van der Waals surface area contributed by atoms with E-state index in [0.29, 0.717) is 0 Å². The summed E-state index contributed by atoms with van der Waals surface area (Å²) >= 11 is 12.0. The number of rotatable bonds is 7. The number of pyridine rings is 1. The van der Waals surface area contributed by atoms with Crippen molar-refractivity contribution < 1.29 is 4.74 Å². The highest BCUT2D eigenvalue weighted by Crippen LogP contribution is 2.41. The molecule has 3 aromatic rings. The molecule has 4 heterocycles. The largest absolute Gasteiger partial charge is 0.379 e. The van der Waals surface area contributed by atoms with Gasteiger partial charge in [0.25, 0.3) is 0 Å². The minimum absolute atomic E-state index is 0.00810. The van der Waals surface area contributed by atoms with Gasteiger partial charge >= 0.3 is 0 Å². The van der Waals surface area contributed by atoms with Gasteiger partial charge < -0.3 is 19.5 Å². The summed E-state index contributed by atoms with van der Waals surface area (Å²) in [7, 11) is 0. The molecule has 0 saturated carbocycles. The zero-order chi connectivity index (χ0) is 24.4. The highest BCUT2D eigenvalue weighted by Gasteiger charge is 2.41. The van der Waals surface area contributed by atoms with E-state index in [4.69, 9.17) is 33.5 Å². The average Bonchev–Trinajstić information content (AvgIpc) is 3.36. The van der Waals surface area contributed by atoms with Gasteiger partial charge in [0.1, 0.15) is 0 Å². The van der Waals surface area contributed by atoms with Crippen molar-refractivity contribution in [1.82, 2.24) is 24.7 Å². The number of aromatic nitrogens is 2. The number of thiocarbonyl (C=S) groups is 1. The summed E-state index contributed by atoms with van der Waals surface area (Å²) in [6, 6.07) is 16.5. The predicted molar refractivity (Wildman–Crippen MR) is 144 cm³/mol. The highest BCUT2D eigenvalue weighted by atomic mass is 35.5. The molecule has 0 aliphatic carbocycles. The van der Waals surface area contributed by atoms with Gasteiger partial charge in [0.15, 0.2) is 5.11 Å². The van der Waals surface area contributed by atoms with E-state index in [0.717, 1.165) is 67.3 Å². The molecule has 2 fully saturated rings. The Labute approximate surface area is 217 Å². The van der Waals surface area contributed by atoms with Crippen molar-refractivity contribution in [3.63, 3.8) is 0 Å². The summed E-state index contributed by atoms with van der Waals surface area (Å²) in [6.07, 6.45) is 2.90. The maximum Gasteiger partial charge on any atom is 0.170 e. The zero-order valence-corrected chi connectivity index (χ0v) is 21.9. The molecule has 0 spiro atoms.